The van der Waals surface area contributed by atoms with Crippen molar-refractivity contribution in [1.82, 2.24) is 15.6 Å². The highest BCUT2D eigenvalue weighted by molar-refractivity contribution is 5.80. The fourth-order valence-electron chi connectivity index (χ4n) is 2.98. The van der Waals surface area contributed by atoms with Crippen molar-refractivity contribution < 1.29 is 19.5 Å². The van der Waals surface area contributed by atoms with Crippen molar-refractivity contribution in [3.8, 4) is 0 Å². The van der Waals surface area contributed by atoms with Crippen molar-refractivity contribution in [1.29, 1.82) is 0 Å². The average molecular weight is 333 g/mol. The van der Waals surface area contributed by atoms with Crippen LogP contribution in [0.1, 0.15) is 49.8 Å². The lowest BCUT2D eigenvalue weighted by atomic mass is 9.86. The van der Waals surface area contributed by atoms with Crippen molar-refractivity contribution in [2.75, 3.05) is 0 Å². The average Bonchev–Trinajstić information content (AvgIpc) is 2.91. The van der Waals surface area contributed by atoms with Gasteiger partial charge >= 0.3 is 5.97 Å². The van der Waals surface area contributed by atoms with Crippen LogP contribution in [0.15, 0.2) is 18.3 Å². The van der Waals surface area contributed by atoms with Crippen LogP contribution in [0.3, 0.4) is 0 Å². The number of rotatable bonds is 8. The van der Waals surface area contributed by atoms with Gasteiger partial charge in [-0.2, -0.15) is 0 Å². The zero-order valence-electron chi connectivity index (χ0n) is 13.8. The highest BCUT2D eigenvalue weighted by Crippen LogP contribution is 2.30. The molecule has 0 unspecified atom stereocenters. The summed E-state index contributed by atoms with van der Waals surface area (Å²) in [4.78, 5) is 38.5. The molecule has 0 aliphatic carbocycles. The zero-order chi connectivity index (χ0) is 17.6. The van der Waals surface area contributed by atoms with Crippen molar-refractivity contribution >= 4 is 17.8 Å². The molecule has 130 valence electrons. The van der Waals surface area contributed by atoms with Crippen LogP contribution < -0.4 is 10.6 Å². The predicted octanol–water partition coefficient (Wildman–Crippen LogP) is 1.30. The van der Waals surface area contributed by atoms with E-state index in [0.29, 0.717) is 32.2 Å². The second-order valence-electron chi connectivity index (χ2n) is 6.30. The molecular weight excluding hydrogens is 310 g/mol. The highest BCUT2D eigenvalue weighted by Gasteiger charge is 2.37. The van der Waals surface area contributed by atoms with E-state index >= 15 is 0 Å². The Hall–Kier alpha value is -2.44. The van der Waals surface area contributed by atoms with Gasteiger partial charge in [-0.05, 0) is 43.9 Å². The molecule has 0 aromatic carbocycles. The summed E-state index contributed by atoms with van der Waals surface area (Å²) >= 11 is 0. The topological polar surface area (TPSA) is 108 Å². The molecule has 0 saturated carbocycles. The van der Waals surface area contributed by atoms with Crippen LogP contribution in [0.4, 0.5) is 0 Å². The molecule has 1 saturated heterocycles. The molecule has 3 N–H and O–H groups in total. The molecule has 1 aliphatic rings. The van der Waals surface area contributed by atoms with Gasteiger partial charge in [0, 0.05) is 43.2 Å². The van der Waals surface area contributed by atoms with E-state index < -0.39 is 11.5 Å². The number of pyridine rings is 1. The van der Waals surface area contributed by atoms with E-state index in [1.54, 1.807) is 6.20 Å². The number of aliphatic carboxylic acids is 1. The Kier molecular flexibility index (Phi) is 5.89. The maximum Gasteiger partial charge on any atom is 0.303 e. The minimum atomic E-state index is -0.895. The molecular formula is C17H23N3O4. The van der Waals surface area contributed by atoms with E-state index in [4.69, 9.17) is 5.11 Å². The molecule has 1 aliphatic heterocycles. The summed E-state index contributed by atoms with van der Waals surface area (Å²) in [5.74, 6) is -1.08. The second-order valence-corrected chi connectivity index (χ2v) is 6.30. The van der Waals surface area contributed by atoms with Gasteiger partial charge < -0.3 is 15.7 Å². The molecule has 2 amide bonds. The van der Waals surface area contributed by atoms with Gasteiger partial charge in [0.2, 0.25) is 11.8 Å². The minimum absolute atomic E-state index is 0.0157. The van der Waals surface area contributed by atoms with Crippen molar-refractivity contribution in [3.63, 3.8) is 0 Å². The maximum absolute atomic E-state index is 12.1. The summed E-state index contributed by atoms with van der Waals surface area (Å²) in [5.41, 5.74) is 1.30. The Bertz CT molecular complexity index is 632. The molecule has 7 nitrogen and oxygen atoms in total. The van der Waals surface area contributed by atoms with Gasteiger partial charge in [-0.15, -0.1) is 0 Å². The molecule has 7 heteroatoms. The van der Waals surface area contributed by atoms with Crippen LogP contribution in [-0.2, 0) is 20.9 Å². The molecule has 1 atom stereocenters. The Labute approximate surface area is 140 Å². The summed E-state index contributed by atoms with van der Waals surface area (Å²) in [5, 5.41) is 14.6. The number of hydrogen-bond acceptors (Lipinski definition) is 4. The molecule has 24 heavy (non-hydrogen) atoms. The third-order valence-electron chi connectivity index (χ3n) is 4.33. The van der Waals surface area contributed by atoms with Gasteiger partial charge in [0.15, 0.2) is 0 Å². The van der Waals surface area contributed by atoms with Gasteiger partial charge in [-0.1, -0.05) is 0 Å². The van der Waals surface area contributed by atoms with Crippen LogP contribution in [-0.4, -0.2) is 33.4 Å². The number of amides is 2. The number of carboxylic acid groups (broad SMARTS) is 1. The van der Waals surface area contributed by atoms with E-state index in [0.717, 1.165) is 11.3 Å². The van der Waals surface area contributed by atoms with E-state index in [-0.39, 0.29) is 24.7 Å². The molecule has 0 bridgehead atoms. The first-order valence-corrected chi connectivity index (χ1v) is 8.10. The monoisotopic (exact) mass is 333 g/mol. The van der Waals surface area contributed by atoms with E-state index in [9.17, 15) is 14.4 Å². The Balaban J connectivity index is 1.83. The van der Waals surface area contributed by atoms with E-state index in [1.807, 2.05) is 19.1 Å². The Morgan fingerprint density at radius 3 is 2.75 bits per heavy atom. The van der Waals surface area contributed by atoms with Crippen molar-refractivity contribution in [2.45, 2.75) is 57.5 Å². The molecule has 0 spiro atoms. The summed E-state index contributed by atoms with van der Waals surface area (Å²) in [6.45, 7) is 2.32. The SMILES string of the molecule is Cc1cc(CNC(=O)CC[C@@]2(CCC(=O)O)CCC(=O)N2)ccn1. The molecule has 1 aromatic rings. The van der Waals surface area contributed by atoms with Crippen LogP contribution in [0.2, 0.25) is 0 Å². The molecule has 2 rings (SSSR count). The quantitative estimate of drug-likeness (QED) is 0.664. The summed E-state index contributed by atoms with van der Waals surface area (Å²) < 4.78 is 0. The molecule has 0 radical (unpaired) electrons. The summed E-state index contributed by atoms with van der Waals surface area (Å²) in [6, 6.07) is 3.75. The third kappa shape index (κ3) is 5.33. The number of nitrogens with zero attached hydrogens (tertiary/aromatic N) is 1. The number of nitrogens with one attached hydrogen (secondary N) is 2. The van der Waals surface area contributed by atoms with Gasteiger partial charge in [0.25, 0.3) is 0 Å². The Morgan fingerprint density at radius 2 is 2.12 bits per heavy atom. The Morgan fingerprint density at radius 1 is 1.38 bits per heavy atom. The first kappa shape index (κ1) is 17.9. The smallest absolute Gasteiger partial charge is 0.303 e. The lowest BCUT2D eigenvalue weighted by Gasteiger charge is -2.28. The number of carbonyl (C=O) groups excluding carboxylic acids is 2. The fraction of sp³-hybridized carbons (Fsp3) is 0.529. The van der Waals surface area contributed by atoms with E-state index in [2.05, 4.69) is 15.6 Å². The lowest BCUT2D eigenvalue weighted by Crippen LogP contribution is -2.43. The lowest BCUT2D eigenvalue weighted by molar-refractivity contribution is -0.137. The first-order valence-electron chi connectivity index (χ1n) is 8.10. The number of carbonyl (C=O) groups is 3. The van der Waals surface area contributed by atoms with Crippen molar-refractivity contribution in [3.05, 3.63) is 29.6 Å². The van der Waals surface area contributed by atoms with Crippen LogP contribution in [0, 0.1) is 6.92 Å². The standard InChI is InChI=1S/C17H23N3O4/c1-12-10-13(5-9-18-12)11-19-14(21)2-6-17(8-4-16(23)24)7-3-15(22)20-17/h5,9-10H,2-4,6-8,11H2,1H3,(H,19,21)(H,20,22)(H,23,24)/t17-/m0/s1. The maximum atomic E-state index is 12.1. The first-order chi connectivity index (χ1) is 11.4. The van der Waals surface area contributed by atoms with Gasteiger partial charge in [0.05, 0.1) is 0 Å². The van der Waals surface area contributed by atoms with Gasteiger partial charge in [0.1, 0.15) is 0 Å². The minimum Gasteiger partial charge on any atom is -0.481 e. The normalized spacial score (nSPS) is 19.8. The number of carboxylic acids is 1. The third-order valence-corrected chi connectivity index (χ3v) is 4.33. The molecule has 1 aromatic heterocycles. The zero-order valence-corrected chi connectivity index (χ0v) is 13.8. The van der Waals surface area contributed by atoms with Gasteiger partial charge in [-0.3, -0.25) is 19.4 Å². The number of hydrogen-bond donors (Lipinski definition) is 3. The fourth-order valence-corrected chi connectivity index (χ4v) is 2.98. The molecule has 1 fully saturated rings. The summed E-state index contributed by atoms with van der Waals surface area (Å²) in [6.07, 6.45) is 3.71. The largest absolute Gasteiger partial charge is 0.481 e. The second kappa shape index (κ2) is 7.90. The van der Waals surface area contributed by atoms with Crippen LogP contribution in [0.5, 0.6) is 0 Å². The van der Waals surface area contributed by atoms with Gasteiger partial charge in [-0.25, -0.2) is 0 Å². The van der Waals surface area contributed by atoms with Crippen molar-refractivity contribution in [2.24, 2.45) is 0 Å². The van der Waals surface area contributed by atoms with Crippen LogP contribution >= 0.6 is 0 Å². The summed E-state index contributed by atoms with van der Waals surface area (Å²) in [7, 11) is 0. The number of aromatic nitrogens is 1. The van der Waals surface area contributed by atoms with Crippen LogP contribution in [0.25, 0.3) is 0 Å². The predicted molar refractivity (Wildman–Crippen MR) is 87.0 cm³/mol. The number of aryl methyl sites for hydroxylation is 1. The highest BCUT2D eigenvalue weighted by atomic mass is 16.4. The van der Waals surface area contributed by atoms with E-state index in [1.165, 1.54) is 0 Å². The molecule has 2 heterocycles.